The molecule has 0 aromatic heterocycles. The van der Waals surface area contributed by atoms with Gasteiger partial charge in [0.15, 0.2) is 0 Å². The van der Waals surface area contributed by atoms with Crippen LogP contribution in [0.3, 0.4) is 0 Å². The molecule has 3 N–H and O–H groups in total. The molecule has 1 atom stereocenters. The Kier molecular flexibility index (Phi) is 5.75. The minimum Gasteiger partial charge on any atom is -0.320 e. The molecule has 1 unspecified atom stereocenters. The van der Waals surface area contributed by atoms with Gasteiger partial charge in [-0.3, -0.25) is 0 Å². The van der Waals surface area contributed by atoms with E-state index in [0.29, 0.717) is 11.1 Å². The van der Waals surface area contributed by atoms with Gasteiger partial charge in [-0.1, -0.05) is 31.8 Å². The molecule has 4 nitrogen and oxygen atoms in total. The molecule has 0 fully saturated rings. The van der Waals surface area contributed by atoms with Crippen molar-refractivity contribution in [3.63, 3.8) is 0 Å². The summed E-state index contributed by atoms with van der Waals surface area (Å²) >= 11 is 0. The third kappa shape index (κ3) is 4.34. The van der Waals surface area contributed by atoms with Gasteiger partial charge < -0.3 is 5.73 Å². The Morgan fingerprint density at radius 3 is 2.50 bits per heavy atom. The second-order valence-corrected chi connectivity index (χ2v) is 6.82. The highest BCUT2D eigenvalue weighted by Crippen LogP contribution is 2.18. The van der Waals surface area contributed by atoms with Crippen molar-refractivity contribution in [3.05, 3.63) is 29.3 Å². The lowest BCUT2D eigenvalue weighted by Crippen LogP contribution is -2.36. The summed E-state index contributed by atoms with van der Waals surface area (Å²) in [5.74, 6) is 5.80. The van der Waals surface area contributed by atoms with Crippen molar-refractivity contribution in [2.24, 2.45) is 11.7 Å². The molecule has 0 saturated carbocycles. The molecule has 1 rings (SSSR count). The quantitative estimate of drug-likeness (QED) is 0.829. The van der Waals surface area contributed by atoms with E-state index < -0.39 is 10.0 Å². The molecule has 5 heteroatoms. The number of sulfonamides is 1. The lowest BCUT2D eigenvalue weighted by Gasteiger charge is -2.18. The van der Waals surface area contributed by atoms with Gasteiger partial charge in [0.25, 0.3) is 0 Å². The lowest BCUT2D eigenvalue weighted by atomic mass is 10.1. The Hall–Kier alpha value is -1.35. The molecule has 0 radical (unpaired) electrons. The molecule has 0 aliphatic heterocycles. The predicted molar refractivity (Wildman–Crippen MR) is 81.7 cm³/mol. The summed E-state index contributed by atoms with van der Waals surface area (Å²) in [5, 5.41) is 0. The predicted octanol–water partition coefficient (Wildman–Crippen LogP) is 1.63. The van der Waals surface area contributed by atoms with Crippen LogP contribution in [-0.4, -0.2) is 21.0 Å². The van der Waals surface area contributed by atoms with Gasteiger partial charge in [0.2, 0.25) is 10.0 Å². The average Bonchev–Trinajstić information content (AvgIpc) is 2.36. The Bertz CT molecular complexity index is 625. The second kappa shape index (κ2) is 6.89. The van der Waals surface area contributed by atoms with Gasteiger partial charge in [-0.05, 0) is 37.5 Å². The van der Waals surface area contributed by atoms with Crippen LogP contribution in [0.25, 0.3) is 0 Å². The summed E-state index contributed by atoms with van der Waals surface area (Å²) in [6.07, 6.45) is 0. The van der Waals surface area contributed by atoms with Gasteiger partial charge in [-0.25, -0.2) is 13.1 Å². The minimum atomic E-state index is -3.53. The van der Waals surface area contributed by atoms with E-state index in [1.807, 2.05) is 20.8 Å². The third-order valence-corrected chi connectivity index (χ3v) is 4.85. The Balaban J connectivity index is 3.17. The number of nitrogens with two attached hydrogens (primary N) is 1. The number of benzene rings is 1. The molecule has 1 aromatic carbocycles. The highest BCUT2D eigenvalue weighted by Gasteiger charge is 2.21. The third-order valence-electron chi connectivity index (χ3n) is 3.15. The Morgan fingerprint density at radius 2 is 1.95 bits per heavy atom. The number of rotatable bonds is 4. The summed E-state index contributed by atoms with van der Waals surface area (Å²) in [5.41, 5.74) is 6.68. The number of aryl methyl sites for hydroxylation is 1. The molecule has 0 amide bonds. The molecule has 0 saturated heterocycles. The number of hydrogen-bond donors (Lipinski definition) is 2. The number of nitrogens with one attached hydrogen (secondary N) is 1. The molecule has 0 heterocycles. The maximum absolute atomic E-state index is 12.4. The highest BCUT2D eigenvalue weighted by molar-refractivity contribution is 7.89. The van der Waals surface area contributed by atoms with Gasteiger partial charge in [0.1, 0.15) is 0 Å². The smallest absolute Gasteiger partial charge is 0.241 e. The largest absolute Gasteiger partial charge is 0.320 e. The highest BCUT2D eigenvalue weighted by atomic mass is 32.2. The van der Waals surface area contributed by atoms with Gasteiger partial charge >= 0.3 is 0 Å². The monoisotopic (exact) mass is 294 g/mol. The molecule has 1 aromatic rings. The normalized spacial score (nSPS) is 12.9. The second-order valence-electron chi connectivity index (χ2n) is 5.14. The summed E-state index contributed by atoms with van der Waals surface area (Å²) in [7, 11) is -3.53. The van der Waals surface area contributed by atoms with E-state index in [9.17, 15) is 8.42 Å². The maximum Gasteiger partial charge on any atom is 0.241 e. The van der Waals surface area contributed by atoms with Crippen LogP contribution in [0.1, 0.15) is 31.9 Å². The van der Waals surface area contributed by atoms with Crippen LogP contribution in [0, 0.1) is 24.7 Å². The van der Waals surface area contributed by atoms with Crippen molar-refractivity contribution >= 4 is 10.0 Å². The van der Waals surface area contributed by atoms with Crippen LogP contribution in [0.15, 0.2) is 23.1 Å². The van der Waals surface area contributed by atoms with E-state index in [2.05, 4.69) is 16.6 Å². The molecule has 0 spiro atoms. The topological polar surface area (TPSA) is 72.2 Å². The SMILES string of the molecule is Cc1ccc(C#CCN)cc1S(=O)(=O)NC(C)C(C)C. The zero-order valence-corrected chi connectivity index (χ0v) is 13.2. The molecular formula is C15H22N2O2S. The molecule has 0 aliphatic rings. The van der Waals surface area contributed by atoms with Gasteiger partial charge in [0, 0.05) is 11.6 Å². The van der Waals surface area contributed by atoms with E-state index in [-0.39, 0.29) is 23.4 Å². The molecule has 110 valence electrons. The van der Waals surface area contributed by atoms with E-state index in [0.717, 1.165) is 0 Å². The van der Waals surface area contributed by atoms with Gasteiger partial charge in [-0.15, -0.1) is 0 Å². The zero-order valence-electron chi connectivity index (χ0n) is 12.4. The first-order chi connectivity index (χ1) is 9.27. The summed E-state index contributed by atoms with van der Waals surface area (Å²) in [6, 6.07) is 5.02. The van der Waals surface area contributed by atoms with E-state index >= 15 is 0 Å². The summed E-state index contributed by atoms with van der Waals surface area (Å²) < 4.78 is 27.5. The van der Waals surface area contributed by atoms with Gasteiger partial charge in [-0.2, -0.15) is 0 Å². The fourth-order valence-corrected chi connectivity index (χ4v) is 3.23. The van der Waals surface area contributed by atoms with E-state index in [1.165, 1.54) is 0 Å². The van der Waals surface area contributed by atoms with E-state index in [1.54, 1.807) is 25.1 Å². The Labute approximate surface area is 121 Å². The van der Waals surface area contributed by atoms with Crippen molar-refractivity contribution in [1.82, 2.24) is 4.72 Å². The maximum atomic E-state index is 12.4. The first kappa shape index (κ1) is 16.7. The Morgan fingerprint density at radius 1 is 1.30 bits per heavy atom. The van der Waals surface area contributed by atoms with E-state index in [4.69, 9.17) is 5.73 Å². The first-order valence-corrected chi connectivity index (χ1v) is 8.08. The van der Waals surface area contributed by atoms with Gasteiger partial charge in [0.05, 0.1) is 11.4 Å². The summed E-state index contributed by atoms with van der Waals surface area (Å²) in [6.45, 7) is 7.83. The van der Waals surface area contributed by atoms with Crippen LogP contribution in [-0.2, 0) is 10.0 Å². The van der Waals surface area contributed by atoms with Crippen LogP contribution < -0.4 is 10.5 Å². The van der Waals surface area contributed by atoms with Crippen molar-refractivity contribution in [3.8, 4) is 11.8 Å². The first-order valence-electron chi connectivity index (χ1n) is 6.60. The average molecular weight is 294 g/mol. The fourth-order valence-electron chi connectivity index (χ4n) is 1.56. The van der Waals surface area contributed by atoms with Crippen molar-refractivity contribution < 1.29 is 8.42 Å². The minimum absolute atomic E-state index is 0.127. The molecule has 0 bridgehead atoms. The summed E-state index contributed by atoms with van der Waals surface area (Å²) in [4.78, 5) is 0.272. The molecule has 0 aliphatic carbocycles. The van der Waals surface area contributed by atoms with Crippen molar-refractivity contribution in [1.29, 1.82) is 0 Å². The number of hydrogen-bond acceptors (Lipinski definition) is 3. The molecular weight excluding hydrogens is 272 g/mol. The van der Waals surface area contributed by atoms with Crippen LogP contribution >= 0.6 is 0 Å². The van der Waals surface area contributed by atoms with Crippen LogP contribution in [0.4, 0.5) is 0 Å². The molecule has 20 heavy (non-hydrogen) atoms. The van der Waals surface area contributed by atoms with Crippen molar-refractivity contribution in [2.45, 2.75) is 38.6 Å². The fraction of sp³-hybridized carbons (Fsp3) is 0.467. The van der Waals surface area contributed by atoms with Crippen LogP contribution in [0.5, 0.6) is 0 Å². The van der Waals surface area contributed by atoms with Crippen molar-refractivity contribution in [2.75, 3.05) is 6.54 Å². The lowest BCUT2D eigenvalue weighted by molar-refractivity contribution is 0.476. The standard InChI is InChI=1S/C15H22N2O2S/c1-11(2)13(4)17-20(18,19)15-10-14(6-5-9-16)8-7-12(15)3/h7-8,10-11,13,17H,9,16H2,1-4H3. The zero-order chi connectivity index (χ0) is 15.3. The van der Waals surface area contributed by atoms with Crippen LogP contribution in [0.2, 0.25) is 0 Å².